The Morgan fingerprint density at radius 1 is 1.24 bits per heavy atom. The van der Waals surface area contributed by atoms with Gasteiger partial charge in [-0.3, -0.25) is 9.59 Å². The number of rotatable bonds is 5. The van der Waals surface area contributed by atoms with Crippen LogP contribution in [0.2, 0.25) is 0 Å². The summed E-state index contributed by atoms with van der Waals surface area (Å²) in [5.74, 6) is -2.53. The molecule has 1 N–H and O–H groups in total. The topological polar surface area (TPSA) is 71.4 Å². The molecule has 1 fully saturated rings. The average Bonchev–Trinajstić information content (AvgIpc) is 3.12. The van der Waals surface area contributed by atoms with E-state index in [1.165, 1.54) is 0 Å². The zero-order chi connectivity index (χ0) is 12.4. The molecule has 1 aromatic rings. The molecule has 0 radical (unpaired) electrons. The van der Waals surface area contributed by atoms with Crippen molar-refractivity contribution in [1.82, 2.24) is 0 Å². The summed E-state index contributed by atoms with van der Waals surface area (Å²) in [4.78, 5) is 33.0. The van der Waals surface area contributed by atoms with Crippen molar-refractivity contribution in [2.45, 2.75) is 25.2 Å². The SMILES string of the molecule is O=C(O)C(=O)CC(=O)c1cccc(C2CC2)c1. The van der Waals surface area contributed by atoms with Gasteiger partial charge < -0.3 is 5.11 Å². The third-order valence-corrected chi connectivity index (χ3v) is 2.82. The van der Waals surface area contributed by atoms with Gasteiger partial charge >= 0.3 is 5.97 Å². The predicted octanol–water partition coefficient (Wildman–Crippen LogP) is 1.79. The van der Waals surface area contributed by atoms with E-state index in [0.29, 0.717) is 11.5 Å². The molecule has 1 aromatic carbocycles. The lowest BCUT2D eigenvalue weighted by atomic mass is 10.0. The highest BCUT2D eigenvalue weighted by Crippen LogP contribution is 2.40. The lowest BCUT2D eigenvalue weighted by Gasteiger charge is -2.02. The Labute approximate surface area is 98.3 Å². The predicted molar refractivity (Wildman–Crippen MR) is 60.0 cm³/mol. The van der Waals surface area contributed by atoms with E-state index in [9.17, 15) is 14.4 Å². The number of benzene rings is 1. The Morgan fingerprint density at radius 3 is 2.53 bits per heavy atom. The number of Topliss-reactive ketones (excluding diaryl/α,β-unsaturated/α-hetero) is 2. The maximum atomic E-state index is 11.7. The Morgan fingerprint density at radius 2 is 1.94 bits per heavy atom. The van der Waals surface area contributed by atoms with Crippen molar-refractivity contribution < 1.29 is 19.5 Å². The number of carboxylic acids is 1. The first kappa shape index (κ1) is 11.5. The Bertz CT molecular complexity index is 486. The smallest absolute Gasteiger partial charge is 0.372 e. The molecule has 0 aliphatic heterocycles. The van der Waals surface area contributed by atoms with E-state index < -0.39 is 24.0 Å². The molecule has 4 nitrogen and oxygen atoms in total. The van der Waals surface area contributed by atoms with Crippen LogP contribution in [0.3, 0.4) is 0 Å². The van der Waals surface area contributed by atoms with Crippen molar-refractivity contribution in [1.29, 1.82) is 0 Å². The van der Waals surface area contributed by atoms with Crippen LogP contribution in [0.1, 0.15) is 41.1 Å². The van der Waals surface area contributed by atoms with Gasteiger partial charge in [0.05, 0.1) is 6.42 Å². The summed E-state index contributed by atoms with van der Waals surface area (Å²) in [6, 6.07) is 7.10. The molecule has 88 valence electrons. The summed E-state index contributed by atoms with van der Waals surface area (Å²) in [7, 11) is 0. The van der Waals surface area contributed by atoms with Crippen LogP contribution in [0.25, 0.3) is 0 Å². The van der Waals surface area contributed by atoms with Crippen LogP contribution in [0.15, 0.2) is 24.3 Å². The third kappa shape index (κ3) is 2.78. The van der Waals surface area contributed by atoms with Crippen LogP contribution in [-0.2, 0) is 9.59 Å². The minimum atomic E-state index is -1.56. The van der Waals surface area contributed by atoms with Crippen molar-refractivity contribution >= 4 is 17.5 Å². The molecule has 1 aliphatic carbocycles. The third-order valence-electron chi connectivity index (χ3n) is 2.82. The van der Waals surface area contributed by atoms with Gasteiger partial charge in [-0.25, -0.2) is 4.79 Å². The van der Waals surface area contributed by atoms with Crippen molar-refractivity contribution in [2.75, 3.05) is 0 Å². The molecule has 0 bridgehead atoms. The largest absolute Gasteiger partial charge is 0.475 e. The molecule has 0 heterocycles. The van der Waals surface area contributed by atoms with E-state index in [-0.39, 0.29) is 0 Å². The van der Waals surface area contributed by atoms with Crippen molar-refractivity contribution in [3.8, 4) is 0 Å². The molecular formula is C13H12O4. The second kappa shape index (κ2) is 4.49. The first-order valence-electron chi connectivity index (χ1n) is 5.47. The Balaban J connectivity index is 2.10. The summed E-state index contributed by atoms with van der Waals surface area (Å²) >= 11 is 0. The molecule has 1 aliphatic rings. The first-order valence-corrected chi connectivity index (χ1v) is 5.47. The minimum absolute atomic E-state index is 0.420. The Kier molecular flexibility index (Phi) is 3.04. The number of hydrogen-bond acceptors (Lipinski definition) is 3. The highest BCUT2D eigenvalue weighted by Gasteiger charge is 2.24. The Hall–Kier alpha value is -1.97. The molecule has 0 atom stereocenters. The van der Waals surface area contributed by atoms with Crippen LogP contribution < -0.4 is 0 Å². The molecule has 0 saturated heterocycles. The second-order valence-corrected chi connectivity index (χ2v) is 4.23. The monoisotopic (exact) mass is 232 g/mol. The fourth-order valence-electron chi connectivity index (χ4n) is 1.71. The summed E-state index contributed by atoms with van der Waals surface area (Å²) in [5.41, 5.74) is 1.52. The fraction of sp³-hybridized carbons (Fsp3) is 0.308. The van der Waals surface area contributed by atoms with Crippen LogP contribution in [-0.4, -0.2) is 22.6 Å². The van der Waals surface area contributed by atoms with Crippen molar-refractivity contribution in [3.05, 3.63) is 35.4 Å². The molecule has 0 aromatic heterocycles. The van der Waals surface area contributed by atoms with Gasteiger partial charge in [0.15, 0.2) is 5.78 Å². The van der Waals surface area contributed by atoms with Crippen LogP contribution in [0.4, 0.5) is 0 Å². The van der Waals surface area contributed by atoms with E-state index in [1.54, 1.807) is 18.2 Å². The van der Waals surface area contributed by atoms with Gasteiger partial charge in [0.25, 0.3) is 0 Å². The van der Waals surface area contributed by atoms with E-state index in [0.717, 1.165) is 18.4 Å². The van der Waals surface area contributed by atoms with Crippen molar-refractivity contribution in [3.63, 3.8) is 0 Å². The fourth-order valence-corrected chi connectivity index (χ4v) is 1.71. The normalized spacial score (nSPS) is 14.4. The standard InChI is InChI=1S/C13H12O4/c14-11(7-12(15)13(16)17)10-3-1-2-9(6-10)8-4-5-8/h1-3,6,8H,4-5,7H2,(H,16,17). The number of ketones is 2. The lowest BCUT2D eigenvalue weighted by molar-refractivity contribution is -0.148. The number of carbonyl (C=O) groups is 3. The molecule has 0 amide bonds. The van der Waals surface area contributed by atoms with Gasteiger partial charge in [-0.1, -0.05) is 18.2 Å². The van der Waals surface area contributed by atoms with Gasteiger partial charge in [-0.2, -0.15) is 0 Å². The van der Waals surface area contributed by atoms with E-state index in [1.807, 2.05) is 6.07 Å². The van der Waals surface area contributed by atoms with Gasteiger partial charge in [-0.05, 0) is 30.4 Å². The molecule has 4 heteroatoms. The minimum Gasteiger partial charge on any atom is -0.475 e. The zero-order valence-corrected chi connectivity index (χ0v) is 9.18. The number of aliphatic carboxylic acids is 1. The highest BCUT2D eigenvalue weighted by atomic mass is 16.4. The average molecular weight is 232 g/mol. The summed E-state index contributed by atoms with van der Waals surface area (Å²) in [5, 5.41) is 8.43. The second-order valence-electron chi connectivity index (χ2n) is 4.23. The molecule has 1 saturated carbocycles. The van der Waals surface area contributed by atoms with E-state index in [2.05, 4.69) is 0 Å². The van der Waals surface area contributed by atoms with Gasteiger partial charge in [0.1, 0.15) is 0 Å². The van der Waals surface area contributed by atoms with Crippen LogP contribution in [0, 0.1) is 0 Å². The lowest BCUT2D eigenvalue weighted by Crippen LogP contribution is -2.17. The first-order chi connectivity index (χ1) is 8.08. The van der Waals surface area contributed by atoms with E-state index in [4.69, 9.17) is 5.11 Å². The number of carboxylic acid groups (broad SMARTS) is 1. The molecule has 17 heavy (non-hydrogen) atoms. The van der Waals surface area contributed by atoms with Gasteiger partial charge in [-0.15, -0.1) is 0 Å². The van der Waals surface area contributed by atoms with Crippen LogP contribution >= 0.6 is 0 Å². The van der Waals surface area contributed by atoms with Crippen molar-refractivity contribution in [2.24, 2.45) is 0 Å². The highest BCUT2D eigenvalue weighted by molar-refractivity contribution is 6.37. The molecule has 0 unspecified atom stereocenters. The zero-order valence-electron chi connectivity index (χ0n) is 9.18. The number of hydrogen-bond donors (Lipinski definition) is 1. The summed E-state index contributed by atoms with van der Waals surface area (Å²) in [6.45, 7) is 0. The number of carbonyl (C=O) groups excluding carboxylic acids is 2. The summed E-state index contributed by atoms with van der Waals surface area (Å²) in [6.07, 6.45) is 1.70. The van der Waals surface area contributed by atoms with E-state index >= 15 is 0 Å². The quantitative estimate of drug-likeness (QED) is 0.477. The summed E-state index contributed by atoms with van der Waals surface area (Å²) < 4.78 is 0. The maximum absolute atomic E-state index is 11.7. The molecule has 0 spiro atoms. The molecule has 2 rings (SSSR count). The van der Waals surface area contributed by atoms with Gasteiger partial charge in [0, 0.05) is 5.56 Å². The van der Waals surface area contributed by atoms with Gasteiger partial charge in [0.2, 0.25) is 5.78 Å². The van der Waals surface area contributed by atoms with Crippen LogP contribution in [0.5, 0.6) is 0 Å². The maximum Gasteiger partial charge on any atom is 0.372 e. The molecular weight excluding hydrogens is 220 g/mol.